The van der Waals surface area contributed by atoms with E-state index in [4.69, 9.17) is 0 Å². The zero-order valence-corrected chi connectivity index (χ0v) is 22.9. The number of carbonyl (C=O) groups excluding carboxylic acids is 5. The molecule has 2 aliphatic heterocycles. The normalized spacial score (nSPS) is 30.2. The highest BCUT2D eigenvalue weighted by atomic mass is 33.1. The first kappa shape index (κ1) is 29.3. The third kappa shape index (κ3) is 8.30. The monoisotopic (exact) mass is 529 g/mol. The highest BCUT2D eigenvalue weighted by Gasteiger charge is 2.37. The van der Waals surface area contributed by atoms with Gasteiger partial charge in [-0.3, -0.25) is 24.0 Å². The predicted molar refractivity (Wildman–Crippen MR) is 138 cm³/mol. The summed E-state index contributed by atoms with van der Waals surface area (Å²) in [6.07, 6.45) is 0.989. The average Bonchev–Trinajstić information content (AvgIpc) is 2.81. The van der Waals surface area contributed by atoms with Gasteiger partial charge in [0.15, 0.2) is 0 Å². The van der Waals surface area contributed by atoms with Crippen LogP contribution in [0.25, 0.3) is 0 Å². The number of hydrogen-bond acceptors (Lipinski definition) is 7. The van der Waals surface area contributed by atoms with E-state index in [1.54, 1.807) is 13.8 Å². The predicted octanol–water partition coefficient (Wildman–Crippen LogP) is 0.567. The zero-order chi connectivity index (χ0) is 26.3. The molecular formula is C23H39N5O5S2. The summed E-state index contributed by atoms with van der Waals surface area (Å²) in [6, 6.07) is -4.43. The van der Waals surface area contributed by atoms with Gasteiger partial charge in [-0.2, -0.15) is 0 Å². The fourth-order valence-electron chi connectivity index (χ4n) is 3.84. The number of hydrogen-bond donors (Lipinski definition) is 5. The van der Waals surface area contributed by atoms with Gasteiger partial charge in [0.2, 0.25) is 29.5 Å². The molecule has 2 bridgehead atoms. The van der Waals surface area contributed by atoms with Crippen LogP contribution in [0.5, 0.6) is 0 Å². The van der Waals surface area contributed by atoms with Crippen molar-refractivity contribution in [2.45, 2.75) is 84.6 Å². The molecule has 10 nitrogen and oxygen atoms in total. The minimum absolute atomic E-state index is 0.0948. The van der Waals surface area contributed by atoms with Gasteiger partial charge in [0.1, 0.15) is 30.2 Å². The van der Waals surface area contributed by atoms with Gasteiger partial charge in [-0.25, -0.2) is 0 Å². The SMILES string of the molecule is CC[C@H](C)[C@@H]1NC(=O)[C@@H](CC(C)C)NC(=O)[C@H]2CSSC[C@@H](NC1=O)C(=O)N[C@@H](C(C)C)C(=O)N2. The van der Waals surface area contributed by atoms with E-state index in [1.807, 2.05) is 27.7 Å². The molecule has 0 aromatic heterocycles. The first-order valence-corrected chi connectivity index (χ1v) is 14.7. The van der Waals surface area contributed by atoms with Crippen molar-refractivity contribution in [3.63, 3.8) is 0 Å². The lowest BCUT2D eigenvalue weighted by Crippen LogP contribution is -2.60. The number of fused-ring (bicyclic) bond motifs is 5. The quantitative estimate of drug-likeness (QED) is 0.327. The number of amides is 5. The smallest absolute Gasteiger partial charge is 0.244 e. The zero-order valence-electron chi connectivity index (χ0n) is 21.3. The second kappa shape index (κ2) is 13.4. The minimum atomic E-state index is -0.905. The van der Waals surface area contributed by atoms with E-state index >= 15 is 0 Å². The van der Waals surface area contributed by atoms with Crippen LogP contribution in [0.4, 0.5) is 0 Å². The van der Waals surface area contributed by atoms with Gasteiger partial charge in [0.05, 0.1) is 0 Å². The molecule has 0 aliphatic carbocycles. The first-order valence-electron chi connectivity index (χ1n) is 12.2. The average molecular weight is 530 g/mol. The molecule has 5 N–H and O–H groups in total. The Morgan fingerprint density at radius 3 is 1.66 bits per heavy atom. The molecule has 2 rings (SSSR count). The first-order chi connectivity index (χ1) is 16.4. The topological polar surface area (TPSA) is 146 Å². The molecule has 2 fully saturated rings. The Balaban J connectivity index is 2.54. The van der Waals surface area contributed by atoms with E-state index in [0.717, 1.165) is 0 Å². The van der Waals surface area contributed by atoms with E-state index in [9.17, 15) is 24.0 Å². The van der Waals surface area contributed by atoms with Gasteiger partial charge in [-0.15, -0.1) is 0 Å². The molecule has 0 saturated carbocycles. The van der Waals surface area contributed by atoms with Crippen LogP contribution >= 0.6 is 21.6 Å². The summed E-state index contributed by atoms with van der Waals surface area (Å²) in [5.41, 5.74) is 0. The molecule has 0 aromatic carbocycles. The van der Waals surface area contributed by atoms with Gasteiger partial charge < -0.3 is 26.6 Å². The van der Waals surface area contributed by atoms with E-state index in [-0.39, 0.29) is 29.3 Å². The molecular weight excluding hydrogens is 490 g/mol. The van der Waals surface area contributed by atoms with Gasteiger partial charge in [0, 0.05) is 11.5 Å². The molecule has 2 aliphatic rings. The fraction of sp³-hybridized carbons (Fsp3) is 0.783. The molecule has 5 amide bonds. The van der Waals surface area contributed by atoms with Crippen molar-refractivity contribution in [3.05, 3.63) is 0 Å². The van der Waals surface area contributed by atoms with Crippen molar-refractivity contribution in [2.75, 3.05) is 11.5 Å². The van der Waals surface area contributed by atoms with Crippen molar-refractivity contribution in [1.82, 2.24) is 26.6 Å². The molecule has 198 valence electrons. The molecule has 35 heavy (non-hydrogen) atoms. The second-order valence-corrected chi connectivity index (χ2v) is 12.5. The number of carbonyl (C=O) groups is 5. The molecule has 6 atom stereocenters. The maximum atomic E-state index is 13.3. The van der Waals surface area contributed by atoms with Crippen molar-refractivity contribution in [2.24, 2.45) is 17.8 Å². The van der Waals surface area contributed by atoms with Gasteiger partial charge in [0.25, 0.3) is 0 Å². The Morgan fingerprint density at radius 2 is 1.17 bits per heavy atom. The Labute approximate surface area is 215 Å². The molecule has 0 aromatic rings. The number of nitrogens with one attached hydrogen (secondary N) is 5. The summed E-state index contributed by atoms with van der Waals surface area (Å²) in [6.45, 7) is 11.2. The van der Waals surface area contributed by atoms with E-state index < -0.39 is 59.7 Å². The van der Waals surface area contributed by atoms with Crippen LogP contribution in [0, 0.1) is 17.8 Å². The largest absolute Gasteiger partial charge is 0.342 e. The van der Waals surface area contributed by atoms with Crippen molar-refractivity contribution in [3.8, 4) is 0 Å². The summed E-state index contributed by atoms with van der Waals surface area (Å²) in [7, 11) is 2.67. The third-order valence-corrected chi connectivity index (χ3v) is 8.62. The van der Waals surface area contributed by atoms with Crippen LogP contribution in [-0.4, -0.2) is 71.3 Å². The third-order valence-electron chi connectivity index (χ3n) is 6.20. The Hall–Kier alpha value is -1.95. The van der Waals surface area contributed by atoms with Crippen LogP contribution in [-0.2, 0) is 24.0 Å². The van der Waals surface area contributed by atoms with Crippen molar-refractivity contribution >= 4 is 51.1 Å². The summed E-state index contributed by atoms with van der Waals surface area (Å²) >= 11 is 0. The second-order valence-electron chi connectivity index (χ2n) is 9.98. The lowest BCUT2D eigenvalue weighted by Gasteiger charge is -2.29. The Kier molecular flexibility index (Phi) is 11.2. The molecule has 2 saturated heterocycles. The van der Waals surface area contributed by atoms with Crippen LogP contribution in [0.15, 0.2) is 0 Å². The fourth-order valence-corrected chi connectivity index (χ4v) is 6.17. The van der Waals surface area contributed by atoms with Gasteiger partial charge >= 0.3 is 0 Å². The maximum Gasteiger partial charge on any atom is 0.244 e. The summed E-state index contributed by atoms with van der Waals surface area (Å²) < 4.78 is 0. The van der Waals surface area contributed by atoms with E-state index in [2.05, 4.69) is 26.6 Å². The van der Waals surface area contributed by atoms with Crippen LogP contribution < -0.4 is 26.6 Å². The van der Waals surface area contributed by atoms with Crippen LogP contribution in [0.3, 0.4) is 0 Å². The van der Waals surface area contributed by atoms with Crippen LogP contribution in [0.1, 0.15) is 54.4 Å². The van der Waals surface area contributed by atoms with E-state index in [1.165, 1.54) is 21.6 Å². The Morgan fingerprint density at radius 1 is 0.686 bits per heavy atom. The molecule has 0 spiro atoms. The lowest BCUT2D eigenvalue weighted by atomic mass is 9.96. The minimum Gasteiger partial charge on any atom is -0.342 e. The lowest BCUT2D eigenvalue weighted by molar-refractivity contribution is -0.134. The van der Waals surface area contributed by atoms with Crippen LogP contribution in [0.2, 0.25) is 0 Å². The molecule has 0 radical (unpaired) electrons. The Bertz CT molecular complexity index is 809. The van der Waals surface area contributed by atoms with Gasteiger partial charge in [-0.1, -0.05) is 69.6 Å². The highest BCUT2D eigenvalue weighted by Crippen LogP contribution is 2.24. The molecule has 12 heteroatoms. The molecule has 2 heterocycles. The summed E-state index contributed by atoms with van der Waals surface area (Å²) in [5, 5.41) is 13.9. The van der Waals surface area contributed by atoms with Gasteiger partial charge in [-0.05, 0) is 24.2 Å². The summed E-state index contributed by atoms with van der Waals surface area (Å²) in [5.74, 6) is -2.25. The van der Waals surface area contributed by atoms with Crippen molar-refractivity contribution < 1.29 is 24.0 Å². The maximum absolute atomic E-state index is 13.3. The standard InChI is InChI=1S/C23H39N5O5S2/c1-7-13(6)18-23(33)26-16-10-35-34-9-15(25-22(32)17(12(4)5)27-21(16)31)20(30)24-14(8-11(2)3)19(29)28-18/h11-18H,7-10H2,1-6H3,(H,24,30)(H,25,32)(H,26,33)(H,27,31)(H,28,29)/t13-,14+,15+,16+,17-,18-/m0/s1. The highest BCUT2D eigenvalue weighted by molar-refractivity contribution is 8.76. The summed E-state index contributed by atoms with van der Waals surface area (Å²) in [4.78, 5) is 66.0. The molecule has 0 unspecified atom stereocenters. The van der Waals surface area contributed by atoms with E-state index in [0.29, 0.717) is 12.8 Å². The van der Waals surface area contributed by atoms with Crippen molar-refractivity contribution in [1.29, 1.82) is 0 Å². The number of rotatable bonds is 5.